The Bertz CT molecular complexity index is 311. The van der Waals surface area contributed by atoms with Crippen LogP contribution in [0.2, 0.25) is 0 Å². The van der Waals surface area contributed by atoms with Crippen LogP contribution < -0.4 is 5.32 Å². The molecule has 1 saturated carbocycles. The highest BCUT2D eigenvalue weighted by atomic mass is 127. The maximum Gasteiger partial charge on any atom is 0.194 e. The molecule has 1 aliphatic heterocycles. The first-order valence-corrected chi connectivity index (χ1v) is 7.93. The van der Waals surface area contributed by atoms with Crippen molar-refractivity contribution in [3.63, 3.8) is 0 Å². The second-order valence-corrected chi connectivity index (χ2v) is 5.81. The average molecular weight is 411 g/mol. The van der Waals surface area contributed by atoms with E-state index in [2.05, 4.69) is 22.1 Å². The molecule has 2 aliphatic rings. The first-order chi connectivity index (χ1) is 9.83. The van der Waals surface area contributed by atoms with Crippen molar-refractivity contribution in [1.82, 2.24) is 10.2 Å². The van der Waals surface area contributed by atoms with Crippen LogP contribution in [-0.4, -0.2) is 64.0 Å². The van der Waals surface area contributed by atoms with Crippen LogP contribution in [0.5, 0.6) is 0 Å². The summed E-state index contributed by atoms with van der Waals surface area (Å²) in [5.74, 6) is 2.50. The van der Waals surface area contributed by atoms with Gasteiger partial charge in [-0.05, 0) is 32.1 Å². The summed E-state index contributed by atoms with van der Waals surface area (Å²) in [4.78, 5) is 7.01. The third-order valence-electron chi connectivity index (χ3n) is 3.87. The molecule has 1 saturated heterocycles. The monoisotopic (exact) mass is 411 g/mol. The van der Waals surface area contributed by atoms with Gasteiger partial charge in [0.25, 0.3) is 0 Å². The summed E-state index contributed by atoms with van der Waals surface area (Å²) in [5, 5.41) is 3.38. The minimum absolute atomic E-state index is 0. The Hall–Kier alpha value is -0.0800. The van der Waals surface area contributed by atoms with Gasteiger partial charge in [0, 0.05) is 39.3 Å². The number of nitrogens with zero attached hydrogens (tertiary/aromatic N) is 2. The van der Waals surface area contributed by atoms with E-state index in [1.165, 1.54) is 19.3 Å². The number of hydrogen-bond acceptors (Lipinski definition) is 3. The predicted molar refractivity (Wildman–Crippen MR) is 96.5 cm³/mol. The number of halogens is 1. The van der Waals surface area contributed by atoms with E-state index in [-0.39, 0.29) is 24.0 Å². The minimum Gasteiger partial charge on any atom is -0.384 e. The van der Waals surface area contributed by atoms with Crippen LogP contribution in [0.4, 0.5) is 0 Å². The number of aliphatic imine (C=N–C) groups is 1. The van der Waals surface area contributed by atoms with Gasteiger partial charge in [-0.3, -0.25) is 4.99 Å². The molecule has 2 rings (SSSR count). The zero-order valence-corrected chi connectivity index (χ0v) is 15.7. The second kappa shape index (κ2) is 10.6. The molecule has 0 aromatic heterocycles. The summed E-state index contributed by atoms with van der Waals surface area (Å²) < 4.78 is 10.9. The SMILES string of the molecule is CCNC(=NCCOCC1CC1)N1CCC(COC)C1.I. The third-order valence-corrected chi connectivity index (χ3v) is 3.87. The van der Waals surface area contributed by atoms with Crippen molar-refractivity contribution in [2.45, 2.75) is 26.2 Å². The molecular weight excluding hydrogens is 381 g/mol. The van der Waals surface area contributed by atoms with Gasteiger partial charge in [-0.1, -0.05) is 0 Å². The lowest BCUT2D eigenvalue weighted by Gasteiger charge is -2.21. The average Bonchev–Trinajstić information content (AvgIpc) is 3.15. The van der Waals surface area contributed by atoms with Gasteiger partial charge in [-0.2, -0.15) is 0 Å². The van der Waals surface area contributed by atoms with Crippen molar-refractivity contribution >= 4 is 29.9 Å². The molecule has 2 fully saturated rings. The number of nitrogens with one attached hydrogen (secondary N) is 1. The van der Waals surface area contributed by atoms with Crippen molar-refractivity contribution in [1.29, 1.82) is 0 Å². The summed E-state index contributed by atoms with van der Waals surface area (Å²) in [6.07, 6.45) is 3.89. The Balaban J connectivity index is 0.00000220. The van der Waals surface area contributed by atoms with E-state index < -0.39 is 0 Å². The van der Waals surface area contributed by atoms with E-state index in [0.29, 0.717) is 5.92 Å². The summed E-state index contributed by atoms with van der Waals surface area (Å²) in [5.41, 5.74) is 0. The number of hydrogen-bond donors (Lipinski definition) is 1. The molecule has 0 spiro atoms. The summed E-state index contributed by atoms with van der Waals surface area (Å²) in [6, 6.07) is 0. The molecule has 1 aliphatic carbocycles. The Morgan fingerprint density at radius 1 is 1.24 bits per heavy atom. The molecule has 1 heterocycles. The number of rotatable bonds is 8. The van der Waals surface area contributed by atoms with Crippen molar-refractivity contribution in [2.24, 2.45) is 16.8 Å². The fourth-order valence-corrected chi connectivity index (χ4v) is 2.57. The van der Waals surface area contributed by atoms with Crippen LogP contribution >= 0.6 is 24.0 Å². The summed E-state index contributed by atoms with van der Waals surface area (Å²) in [6.45, 7) is 8.40. The molecule has 0 aromatic rings. The molecule has 1 atom stereocenters. The zero-order chi connectivity index (χ0) is 14.2. The highest BCUT2D eigenvalue weighted by Gasteiger charge is 2.24. The van der Waals surface area contributed by atoms with Crippen molar-refractivity contribution in [3.8, 4) is 0 Å². The van der Waals surface area contributed by atoms with Crippen molar-refractivity contribution in [3.05, 3.63) is 0 Å². The molecule has 1 N–H and O–H groups in total. The van der Waals surface area contributed by atoms with Crippen LogP contribution in [0.3, 0.4) is 0 Å². The molecule has 124 valence electrons. The molecule has 21 heavy (non-hydrogen) atoms. The number of methoxy groups -OCH3 is 1. The fraction of sp³-hybridized carbons (Fsp3) is 0.933. The Kier molecular flexibility index (Phi) is 9.59. The number of likely N-dealkylation sites (tertiary alicyclic amines) is 1. The lowest BCUT2D eigenvalue weighted by molar-refractivity contribution is 0.131. The third kappa shape index (κ3) is 7.15. The molecule has 0 bridgehead atoms. The van der Waals surface area contributed by atoms with Crippen LogP contribution in [0, 0.1) is 11.8 Å². The molecule has 0 radical (unpaired) electrons. The normalized spacial score (nSPS) is 22.3. The second-order valence-electron chi connectivity index (χ2n) is 5.81. The highest BCUT2D eigenvalue weighted by Crippen LogP contribution is 2.28. The van der Waals surface area contributed by atoms with Crippen LogP contribution in [-0.2, 0) is 9.47 Å². The van der Waals surface area contributed by atoms with Gasteiger partial charge in [0.1, 0.15) is 0 Å². The van der Waals surface area contributed by atoms with Crippen LogP contribution in [0.1, 0.15) is 26.2 Å². The van der Waals surface area contributed by atoms with E-state index in [1.807, 2.05) is 0 Å². The lowest BCUT2D eigenvalue weighted by Crippen LogP contribution is -2.40. The van der Waals surface area contributed by atoms with Gasteiger partial charge in [-0.25, -0.2) is 0 Å². The van der Waals surface area contributed by atoms with Gasteiger partial charge in [0.15, 0.2) is 5.96 Å². The maximum absolute atomic E-state index is 5.64. The Morgan fingerprint density at radius 3 is 2.71 bits per heavy atom. The summed E-state index contributed by atoms with van der Waals surface area (Å²) in [7, 11) is 1.78. The van der Waals surface area contributed by atoms with E-state index >= 15 is 0 Å². The first-order valence-electron chi connectivity index (χ1n) is 7.93. The smallest absolute Gasteiger partial charge is 0.194 e. The van der Waals surface area contributed by atoms with Gasteiger partial charge in [-0.15, -0.1) is 24.0 Å². The van der Waals surface area contributed by atoms with E-state index in [1.54, 1.807) is 7.11 Å². The predicted octanol–water partition coefficient (Wildman–Crippen LogP) is 1.96. The highest BCUT2D eigenvalue weighted by molar-refractivity contribution is 14.0. The lowest BCUT2D eigenvalue weighted by atomic mass is 10.1. The molecule has 6 heteroatoms. The van der Waals surface area contributed by atoms with Gasteiger partial charge in [0.05, 0.1) is 19.8 Å². The molecule has 0 aromatic carbocycles. The van der Waals surface area contributed by atoms with Crippen molar-refractivity contribution < 1.29 is 9.47 Å². The van der Waals surface area contributed by atoms with Crippen molar-refractivity contribution in [2.75, 3.05) is 53.1 Å². The first kappa shape index (κ1) is 19.0. The van der Waals surface area contributed by atoms with Crippen LogP contribution in [0.25, 0.3) is 0 Å². The standard InChI is InChI=1S/C15H29N3O2.HI/c1-3-16-15(17-7-9-20-12-13-4-5-13)18-8-6-14(10-18)11-19-2;/h13-14H,3-12H2,1-2H3,(H,16,17);1H. The zero-order valence-electron chi connectivity index (χ0n) is 13.3. The van der Waals surface area contributed by atoms with Crippen LogP contribution in [0.15, 0.2) is 4.99 Å². The molecule has 5 nitrogen and oxygen atoms in total. The topological polar surface area (TPSA) is 46.1 Å². The number of ether oxygens (including phenoxy) is 2. The largest absolute Gasteiger partial charge is 0.384 e. The van der Waals surface area contributed by atoms with Gasteiger partial charge >= 0.3 is 0 Å². The van der Waals surface area contributed by atoms with Gasteiger partial charge in [0.2, 0.25) is 0 Å². The molecular formula is C15H30IN3O2. The maximum atomic E-state index is 5.64. The molecule has 1 unspecified atom stereocenters. The Morgan fingerprint density at radius 2 is 2.05 bits per heavy atom. The summed E-state index contributed by atoms with van der Waals surface area (Å²) >= 11 is 0. The van der Waals surface area contributed by atoms with Gasteiger partial charge < -0.3 is 19.7 Å². The van der Waals surface area contributed by atoms with E-state index in [9.17, 15) is 0 Å². The fourth-order valence-electron chi connectivity index (χ4n) is 2.57. The van der Waals surface area contributed by atoms with E-state index in [4.69, 9.17) is 9.47 Å². The Labute approximate surface area is 145 Å². The quantitative estimate of drug-likeness (QED) is 0.287. The number of guanidine groups is 1. The molecule has 0 amide bonds. The van der Waals surface area contributed by atoms with E-state index in [0.717, 1.165) is 57.9 Å². The minimum atomic E-state index is 0.